The van der Waals surface area contributed by atoms with Crippen LogP contribution in [0, 0.1) is 5.92 Å². The van der Waals surface area contributed by atoms with Crippen LogP contribution in [-0.2, 0) is 4.79 Å². The Bertz CT molecular complexity index is 503. The minimum absolute atomic E-state index is 0. The summed E-state index contributed by atoms with van der Waals surface area (Å²) in [4.78, 5) is 11.9. The topological polar surface area (TPSA) is 73.6 Å². The van der Waals surface area contributed by atoms with E-state index < -0.39 is 11.8 Å². The van der Waals surface area contributed by atoms with Crippen molar-refractivity contribution in [2.24, 2.45) is 11.7 Å². The molecular formula is C14H21ClN2O3. The van der Waals surface area contributed by atoms with E-state index in [1.54, 1.807) is 18.2 Å². The molecule has 20 heavy (non-hydrogen) atoms. The van der Waals surface area contributed by atoms with Crippen LogP contribution in [-0.4, -0.2) is 17.7 Å². The van der Waals surface area contributed by atoms with E-state index in [1.807, 2.05) is 27.7 Å². The SMILES string of the molecule is CC(C)[C@H](N)C(=O)Nc1ccc2c(c1)OC(C)(C)O2.Cl. The van der Waals surface area contributed by atoms with Crippen molar-refractivity contribution >= 4 is 24.0 Å². The van der Waals surface area contributed by atoms with Gasteiger partial charge in [0.1, 0.15) is 0 Å². The zero-order valence-electron chi connectivity index (χ0n) is 12.1. The van der Waals surface area contributed by atoms with Crippen LogP contribution in [0.4, 0.5) is 5.69 Å². The largest absolute Gasteiger partial charge is 0.449 e. The van der Waals surface area contributed by atoms with Crippen molar-refractivity contribution in [3.05, 3.63) is 18.2 Å². The van der Waals surface area contributed by atoms with E-state index in [1.165, 1.54) is 0 Å². The quantitative estimate of drug-likeness (QED) is 0.899. The molecular weight excluding hydrogens is 280 g/mol. The molecule has 0 saturated carbocycles. The van der Waals surface area contributed by atoms with Crippen LogP contribution in [0.25, 0.3) is 0 Å². The van der Waals surface area contributed by atoms with Gasteiger partial charge in [0.2, 0.25) is 11.7 Å². The number of nitrogens with two attached hydrogens (primary N) is 1. The Labute approximate surface area is 125 Å². The lowest BCUT2D eigenvalue weighted by atomic mass is 10.0. The minimum atomic E-state index is -0.667. The first kappa shape index (κ1) is 16.6. The molecule has 5 nitrogen and oxygen atoms in total. The molecule has 1 aliphatic rings. The summed E-state index contributed by atoms with van der Waals surface area (Å²) in [7, 11) is 0. The smallest absolute Gasteiger partial charge is 0.246 e. The molecule has 1 heterocycles. The monoisotopic (exact) mass is 300 g/mol. The van der Waals surface area contributed by atoms with Gasteiger partial charge in [0.05, 0.1) is 6.04 Å². The Morgan fingerprint density at radius 2 is 1.85 bits per heavy atom. The van der Waals surface area contributed by atoms with Crippen LogP contribution < -0.4 is 20.5 Å². The molecule has 1 aromatic carbocycles. The highest BCUT2D eigenvalue weighted by Crippen LogP contribution is 2.40. The van der Waals surface area contributed by atoms with Crippen molar-refractivity contribution in [2.75, 3.05) is 5.32 Å². The first-order valence-electron chi connectivity index (χ1n) is 6.37. The third-order valence-electron chi connectivity index (χ3n) is 2.94. The fourth-order valence-corrected chi connectivity index (χ4v) is 1.83. The summed E-state index contributed by atoms with van der Waals surface area (Å²) in [6, 6.07) is 4.77. The van der Waals surface area contributed by atoms with E-state index in [0.29, 0.717) is 17.2 Å². The third-order valence-corrected chi connectivity index (χ3v) is 2.94. The predicted octanol–water partition coefficient (Wildman–Crippen LogP) is 2.54. The van der Waals surface area contributed by atoms with Gasteiger partial charge in [0, 0.05) is 25.6 Å². The third kappa shape index (κ3) is 3.55. The maximum Gasteiger partial charge on any atom is 0.246 e. The summed E-state index contributed by atoms with van der Waals surface area (Å²) in [6.07, 6.45) is 0. The maximum absolute atomic E-state index is 11.9. The molecule has 1 aromatic rings. The van der Waals surface area contributed by atoms with Gasteiger partial charge < -0.3 is 20.5 Å². The first-order chi connectivity index (χ1) is 8.78. The maximum atomic E-state index is 11.9. The van der Waals surface area contributed by atoms with E-state index in [0.717, 1.165) is 0 Å². The zero-order chi connectivity index (χ0) is 14.2. The zero-order valence-corrected chi connectivity index (χ0v) is 12.9. The van der Waals surface area contributed by atoms with Gasteiger partial charge in [-0.3, -0.25) is 4.79 Å². The molecule has 0 fully saturated rings. The highest BCUT2D eigenvalue weighted by molar-refractivity contribution is 5.95. The minimum Gasteiger partial charge on any atom is -0.449 e. The summed E-state index contributed by atoms with van der Waals surface area (Å²) in [5, 5.41) is 2.78. The molecule has 6 heteroatoms. The Kier molecular flexibility index (Phi) is 4.89. The number of anilines is 1. The Morgan fingerprint density at radius 1 is 1.25 bits per heavy atom. The molecule has 1 atom stereocenters. The van der Waals surface area contributed by atoms with Crippen molar-refractivity contribution < 1.29 is 14.3 Å². The fourth-order valence-electron chi connectivity index (χ4n) is 1.83. The lowest BCUT2D eigenvalue weighted by molar-refractivity contribution is -0.118. The summed E-state index contributed by atoms with van der Waals surface area (Å²) in [5.74, 6) is 0.525. The molecule has 112 valence electrons. The van der Waals surface area contributed by atoms with Gasteiger partial charge in [-0.05, 0) is 18.1 Å². The van der Waals surface area contributed by atoms with Crippen LogP contribution in [0.2, 0.25) is 0 Å². The molecule has 0 saturated heterocycles. The molecule has 0 bridgehead atoms. The second kappa shape index (κ2) is 5.89. The molecule has 0 unspecified atom stereocenters. The van der Waals surface area contributed by atoms with Gasteiger partial charge in [0.25, 0.3) is 0 Å². The Balaban J connectivity index is 0.00000200. The van der Waals surface area contributed by atoms with Crippen LogP contribution >= 0.6 is 12.4 Å². The number of nitrogens with one attached hydrogen (secondary N) is 1. The summed E-state index contributed by atoms with van der Waals surface area (Å²) in [6.45, 7) is 7.48. The lowest BCUT2D eigenvalue weighted by Crippen LogP contribution is -2.39. The predicted molar refractivity (Wildman–Crippen MR) is 80.5 cm³/mol. The van der Waals surface area contributed by atoms with Crippen molar-refractivity contribution in [3.8, 4) is 11.5 Å². The molecule has 0 aliphatic carbocycles. The molecule has 0 radical (unpaired) electrons. The molecule has 2 rings (SSSR count). The van der Waals surface area contributed by atoms with E-state index in [4.69, 9.17) is 15.2 Å². The fraction of sp³-hybridized carbons (Fsp3) is 0.500. The second-order valence-corrected chi connectivity index (χ2v) is 5.52. The number of halogens is 1. The molecule has 1 aliphatic heterocycles. The summed E-state index contributed by atoms with van der Waals surface area (Å²) in [5.41, 5.74) is 6.45. The summed E-state index contributed by atoms with van der Waals surface area (Å²) < 4.78 is 11.2. The van der Waals surface area contributed by atoms with Crippen molar-refractivity contribution in [2.45, 2.75) is 39.5 Å². The van der Waals surface area contributed by atoms with Crippen molar-refractivity contribution in [1.82, 2.24) is 0 Å². The number of benzene rings is 1. The number of fused-ring (bicyclic) bond motifs is 1. The van der Waals surface area contributed by atoms with Crippen LogP contribution in [0.1, 0.15) is 27.7 Å². The highest BCUT2D eigenvalue weighted by atomic mass is 35.5. The van der Waals surface area contributed by atoms with Crippen molar-refractivity contribution in [3.63, 3.8) is 0 Å². The second-order valence-electron chi connectivity index (χ2n) is 5.52. The van der Waals surface area contributed by atoms with Gasteiger partial charge >= 0.3 is 0 Å². The van der Waals surface area contributed by atoms with Gasteiger partial charge in [-0.25, -0.2) is 0 Å². The molecule has 0 spiro atoms. The number of hydrogen-bond donors (Lipinski definition) is 2. The number of carbonyl (C=O) groups is 1. The van der Waals surface area contributed by atoms with E-state index >= 15 is 0 Å². The Morgan fingerprint density at radius 3 is 2.45 bits per heavy atom. The summed E-state index contributed by atoms with van der Waals surface area (Å²) >= 11 is 0. The molecule has 3 N–H and O–H groups in total. The molecule has 0 aromatic heterocycles. The van der Waals surface area contributed by atoms with Crippen molar-refractivity contribution in [1.29, 1.82) is 0 Å². The number of hydrogen-bond acceptors (Lipinski definition) is 4. The van der Waals surface area contributed by atoms with E-state index in [9.17, 15) is 4.79 Å². The average Bonchev–Trinajstić information content (AvgIpc) is 2.60. The van der Waals surface area contributed by atoms with Crippen LogP contribution in [0.15, 0.2) is 18.2 Å². The first-order valence-corrected chi connectivity index (χ1v) is 6.37. The Hall–Kier alpha value is -1.46. The van der Waals surface area contributed by atoms with Gasteiger partial charge in [0.15, 0.2) is 11.5 Å². The normalized spacial score (nSPS) is 16.5. The van der Waals surface area contributed by atoms with Gasteiger partial charge in [-0.15, -0.1) is 12.4 Å². The molecule has 1 amide bonds. The van der Waals surface area contributed by atoms with Gasteiger partial charge in [-0.1, -0.05) is 13.8 Å². The average molecular weight is 301 g/mol. The van der Waals surface area contributed by atoms with E-state index in [2.05, 4.69) is 5.32 Å². The van der Waals surface area contributed by atoms with Gasteiger partial charge in [-0.2, -0.15) is 0 Å². The number of ether oxygens (including phenoxy) is 2. The lowest BCUT2D eigenvalue weighted by Gasteiger charge is -2.16. The number of amides is 1. The van der Waals surface area contributed by atoms with E-state index in [-0.39, 0.29) is 24.2 Å². The highest BCUT2D eigenvalue weighted by Gasteiger charge is 2.31. The number of rotatable bonds is 3. The van der Waals surface area contributed by atoms with Crippen LogP contribution in [0.5, 0.6) is 11.5 Å². The number of carbonyl (C=O) groups excluding carboxylic acids is 1. The van der Waals surface area contributed by atoms with Crippen LogP contribution in [0.3, 0.4) is 0 Å². The standard InChI is InChI=1S/C14H20N2O3.ClH/c1-8(2)12(15)13(17)16-9-5-6-10-11(7-9)19-14(3,4)18-10;/h5-8,12H,15H2,1-4H3,(H,16,17);1H/t12-;/m0./s1.